The van der Waals surface area contributed by atoms with Crippen molar-refractivity contribution in [3.8, 4) is 11.5 Å². The summed E-state index contributed by atoms with van der Waals surface area (Å²) in [6.45, 7) is 3.60. The Hall–Kier alpha value is -2.47. The smallest absolute Gasteiger partial charge is 0.416 e. The zero-order valence-electron chi connectivity index (χ0n) is 11.4. The van der Waals surface area contributed by atoms with E-state index in [2.05, 4.69) is 6.58 Å². The molecule has 0 aromatic heterocycles. The molecule has 0 spiro atoms. The van der Waals surface area contributed by atoms with Crippen molar-refractivity contribution in [3.63, 3.8) is 0 Å². The number of carbonyl (C=O) groups is 1. The van der Waals surface area contributed by atoms with Gasteiger partial charge in [0.2, 0.25) is 0 Å². The topological polar surface area (TPSA) is 35.5 Å². The zero-order valence-corrected chi connectivity index (χ0v) is 12.2. The molecule has 1 aliphatic heterocycles. The first-order valence-corrected chi connectivity index (χ1v) is 6.73. The summed E-state index contributed by atoms with van der Waals surface area (Å²) in [6.07, 6.45) is -4.48. The normalized spacial score (nSPS) is 13.7. The average molecular weight is 341 g/mol. The summed E-state index contributed by atoms with van der Waals surface area (Å²) < 4.78 is 48.2. The predicted octanol–water partition coefficient (Wildman–Crippen LogP) is 5.29. The van der Waals surface area contributed by atoms with Crippen LogP contribution in [0.25, 0.3) is 5.76 Å². The molecule has 0 saturated carbocycles. The first-order valence-electron chi connectivity index (χ1n) is 6.36. The summed E-state index contributed by atoms with van der Waals surface area (Å²) >= 11 is 5.83. The van der Waals surface area contributed by atoms with Crippen LogP contribution in [0.1, 0.15) is 21.5 Å². The Bertz CT molecular complexity index is 828. The summed E-state index contributed by atoms with van der Waals surface area (Å²) in [6, 6.07) is 7.29. The van der Waals surface area contributed by atoms with Crippen LogP contribution < -0.4 is 4.74 Å². The molecule has 0 aliphatic carbocycles. The Labute approximate surface area is 133 Å². The molecule has 7 heteroatoms. The molecule has 118 valence electrons. The summed E-state index contributed by atoms with van der Waals surface area (Å²) in [5.41, 5.74) is -0.0485. The van der Waals surface area contributed by atoms with Crippen molar-refractivity contribution in [2.45, 2.75) is 6.18 Å². The Morgan fingerprint density at radius 2 is 1.83 bits per heavy atom. The molecule has 3 nitrogen and oxygen atoms in total. The van der Waals surface area contributed by atoms with Gasteiger partial charge in [0, 0.05) is 5.56 Å². The van der Waals surface area contributed by atoms with Gasteiger partial charge in [0.25, 0.3) is 0 Å². The first-order chi connectivity index (χ1) is 10.8. The fraction of sp³-hybridized carbons (Fsp3) is 0.0625. The average Bonchev–Trinajstić information content (AvgIpc) is 2.75. The molecular weight excluding hydrogens is 333 g/mol. The van der Waals surface area contributed by atoms with Crippen LogP contribution in [0.15, 0.2) is 43.0 Å². The van der Waals surface area contributed by atoms with Crippen LogP contribution in [0.2, 0.25) is 5.02 Å². The highest BCUT2D eigenvalue weighted by molar-refractivity contribution is 6.32. The monoisotopic (exact) mass is 340 g/mol. The number of halogens is 4. The number of hydrogen-bond acceptors (Lipinski definition) is 3. The third kappa shape index (κ3) is 2.90. The molecule has 0 unspecified atom stereocenters. The van der Waals surface area contributed by atoms with E-state index < -0.39 is 17.7 Å². The van der Waals surface area contributed by atoms with E-state index in [1.807, 2.05) is 0 Å². The molecule has 3 rings (SSSR count). The van der Waals surface area contributed by atoms with E-state index in [1.165, 1.54) is 18.2 Å². The van der Waals surface area contributed by atoms with Crippen molar-refractivity contribution < 1.29 is 27.4 Å². The number of benzene rings is 2. The van der Waals surface area contributed by atoms with Crippen molar-refractivity contribution >= 4 is 23.3 Å². The van der Waals surface area contributed by atoms with Crippen LogP contribution in [-0.4, -0.2) is 5.97 Å². The molecule has 0 amide bonds. The fourth-order valence-corrected chi connectivity index (χ4v) is 2.32. The Morgan fingerprint density at radius 1 is 1.09 bits per heavy atom. The molecule has 0 N–H and O–H groups in total. The highest BCUT2D eigenvalue weighted by Crippen LogP contribution is 2.38. The van der Waals surface area contributed by atoms with E-state index in [-0.39, 0.29) is 16.5 Å². The van der Waals surface area contributed by atoms with Crippen molar-refractivity contribution in [3.05, 3.63) is 64.7 Å². The lowest BCUT2D eigenvalue weighted by Gasteiger charge is -2.11. The molecule has 0 radical (unpaired) electrons. The summed E-state index contributed by atoms with van der Waals surface area (Å²) in [5.74, 6) is 0.0402. The standard InChI is InChI=1S/C16H8ClF3O3/c1-8-12-7-10(3-4-11(12)15(21)22-8)23-14-5-2-9(6-13(14)17)16(18,19)20/h2-7H,1H2. The third-order valence-electron chi connectivity index (χ3n) is 3.21. The van der Waals surface area contributed by atoms with Crippen molar-refractivity contribution in [1.82, 2.24) is 0 Å². The zero-order chi connectivity index (χ0) is 16.8. The van der Waals surface area contributed by atoms with Gasteiger partial charge in [-0.3, -0.25) is 0 Å². The molecule has 0 saturated heterocycles. The van der Waals surface area contributed by atoms with Crippen molar-refractivity contribution in [2.75, 3.05) is 0 Å². The maximum absolute atomic E-state index is 12.6. The van der Waals surface area contributed by atoms with E-state index in [0.29, 0.717) is 16.9 Å². The van der Waals surface area contributed by atoms with Gasteiger partial charge in [0.05, 0.1) is 16.1 Å². The van der Waals surface area contributed by atoms with Gasteiger partial charge in [-0.05, 0) is 36.4 Å². The van der Waals surface area contributed by atoms with Gasteiger partial charge in [0.15, 0.2) is 0 Å². The van der Waals surface area contributed by atoms with Gasteiger partial charge in [-0.1, -0.05) is 18.2 Å². The molecule has 2 aromatic rings. The number of ether oxygens (including phenoxy) is 2. The Balaban J connectivity index is 1.90. The molecule has 2 aromatic carbocycles. The van der Waals surface area contributed by atoms with Gasteiger partial charge in [-0.2, -0.15) is 13.2 Å². The number of cyclic esters (lactones) is 1. The minimum absolute atomic E-state index is 0.0653. The van der Waals surface area contributed by atoms with Crippen LogP contribution in [-0.2, 0) is 10.9 Å². The van der Waals surface area contributed by atoms with Crippen molar-refractivity contribution in [1.29, 1.82) is 0 Å². The van der Waals surface area contributed by atoms with E-state index >= 15 is 0 Å². The van der Waals surface area contributed by atoms with Gasteiger partial charge >= 0.3 is 12.1 Å². The number of hydrogen-bond donors (Lipinski definition) is 0. The molecule has 0 fully saturated rings. The fourth-order valence-electron chi connectivity index (χ4n) is 2.10. The third-order valence-corrected chi connectivity index (χ3v) is 3.51. The van der Waals surface area contributed by atoms with E-state index in [0.717, 1.165) is 18.2 Å². The van der Waals surface area contributed by atoms with Gasteiger partial charge in [-0.25, -0.2) is 4.79 Å². The van der Waals surface area contributed by atoms with Gasteiger partial charge in [0.1, 0.15) is 17.3 Å². The molecule has 1 aliphatic rings. The van der Waals surface area contributed by atoms with Crippen molar-refractivity contribution in [2.24, 2.45) is 0 Å². The van der Waals surface area contributed by atoms with Crippen LogP contribution in [0.5, 0.6) is 11.5 Å². The van der Waals surface area contributed by atoms with Crippen LogP contribution in [0.3, 0.4) is 0 Å². The molecule has 23 heavy (non-hydrogen) atoms. The SMILES string of the molecule is C=C1OC(=O)c2ccc(Oc3ccc(C(F)(F)F)cc3Cl)cc21. The number of esters is 1. The predicted molar refractivity (Wildman–Crippen MR) is 77.4 cm³/mol. The summed E-state index contributed by atoms with van der Waals surface area (Å²) in [5, 5.41) is -0.175. The van der Waals surface area contributed by atoms with Gasteiger partial charge in [-0.15, -0.1) is 0 Å². The summed E-state index contributed by atoms with van der Waals surface area (Å²) in [4.78, 5) is 11.5. The van der Waals surface area contributed by atoms with Crippen LogP contribution in [0, 0.1) is 0 Å². The first kappa shape index (κ1) is 15.4. The number of carbonyl (C=O) groups excluding carboxylic acids is 1. The lowest BCUT2D eigenvalue weighted by Crippen LogP contribution is -2.04. The Morgan fingerprint density at radius 3 is 2.48 bits per heavy atom. The Kier molecular flexibility index (Phi) is 3.56. The van der Waals surface area contributed by atoms with Crippen LogP contribution in [0.4, 0.5) is 13.2 Å². The van der Waals surface area contributed by atoms with E-state index in [1.54, 1.807) is 0 Å². The largest absolute Gasteiger partial charge is 0.456 e. The minimum Gasteiger partial charge on any atom is -0.456 e. The molecular formula is C16H8ClF3O3. The second-order valence-electron chi connectivity index (χ2n) is 4.77. The molecule has 0 atom stereocenters. The number of fused-ring (bicyclic) bond motifs is 1. The molecule has 0 bridgehead atoms. The second-order valence-corrected chi connectivity index (χ2v) is 5.17. The lowest BCUT2D eigenvalue weighted by molar-refractivity contribution is -0.137. The maximum atomic E-state index is 12.6. The lowest BCUT2D eigenvalue weighted by atomic mass is 10.1. The number of rotatable bonds is 2. The quantitative estimate of drug-likeness (QED) is 0.697. The second kappa shape index (κ2) is 5.31. The van der Waals surface area contributed by atoms with E-state index in [9.17, 15) is 18.0 Å². The minimum atomic E-state index is -4.48. The number of alkyl halides is 3. The highest BCUT2D eigenvalue weighted by Gasteiger charge is 2.31. The highest BCUT2D eigenvalue weighted by atomic mass is 35.5. The summed E-state index contributed by atoms with van der Waals surface area (Å²) in [7, 11) is 0. The maximum Gasteiger partial charge on any atom is 0.416 e. The van der Waals surface area contributed by atoms with Gasteiger partial charge < -0.3 is 9.47 Å². The van der Waals surface area contributed by atoms with E-state index in [4.69, 9.17) is 21.1 Å². The molecule has 1 heterocycles. The van der Waals surface area contributed by atoms with Crippen LogP contribution >= 0.6 is 11.6 Å².